The van der Waals surface area contributed by atoms with Gasteiger partial charge in [0, 0.05) is 26.9 Å². The number of carboxylic acid groups (broad SMARTS) is 1. The average Bonchev–Trinajstić information content (AvgIpc) is 2.82. The SMILES string of the molecule is COCCCOCCC1(C(=O)O)Cc2ccccc2C1. The van der Waals surface area contributed by atoms with Crippen molar-refractivity contribution in [3.63, 3.8) is 0 Å². The molecular formula is C16H22O4. The maximum Gasteiger partial charge on any atom is 0.310 e. The molecule has 0 heterocycles. The van der Waals surface area contributed by atoms with E-state index in [1.807, 2.05) is 24.3 Å². The van der Waals surface area contributed by atoms with Crippen LogP contribution in [0.4, 0.5) is 0 Å². The molecule has 4 nitrogen and oxygen atoms in total. The van der Waals surface area contributed by atoms with Gasteiger partial charge in [-0.25, -0.2) is 0 Å². The highest BCUT2D eigenvalue weighted by molar-refractivity contribution is 5.77. The Balaban J connectivity index is 1.88. The third-order valence-electron chi connectivity index (χ3n) is 3.99. The zero-order valence-electron chi connectivity index (χ0n) is 11.9. The fourth-order valence-corrected chi connectivity index (χ4v) is 2.80. The molecule has 0 atom stereocenters. The molecule has 1 aliphatic carbocycles. The summed E-state index contributed by atoms with van der Waals surface area (Å²) in [4.78, 5) is 11.7. The van der Waals surface area contributed by atoms with E-state index in [0.717, 1.165) is 17.5 Å². The van der Waals surface area contributed by atoms with Gasteiger partial charge in [0.05, 0.1) is 5.41 Å². The van der Waals surface area contributed by atoms with Crippen molar-refractivity contribution in [3.05, 3.63) is 35.4 Å². The zero-order valence-corrected chi connectivity index (χ0v) is 11.9. The number of carbonyl (C=O) groups is 1. The second-order valence-electron chi connectivity index (χ2n) is 5.42. The van der Waals surface area contributed by atoms with Crippen LogP contribution in [0.3, 0.4) is 0 Å². The van der Waals surface area contributed by atoms with Gasteiger partial charge in [-0.3, -0.25) is 4.79 Å². The third-order valence-corrected chi connectivity index (χ3v) is 3.99. The minimum Gasteiger partial charge on any atom is -0.481 e. The summed E-state index contributed by atoms with van der Waals surface area (Å²) in [7, 11) is 1.66. The Morgan fingerprint density at radius 3 is 2.40 bits per heavy atom. The summed E-state index contributed by atoms with van der Waals surface area (Å²) in [6.45, 7) is 1.79. The van der Waals surface area contributed by atoms with Crippen molar-refractivity contribution < 1.29 is 19.4 Å². The van der Waals surface area contributed by atoms with Crippen molar-refractivity contribution >= 4 is 5.97 Å². The third kappa shape index (κ3) is 3.38. The largest absolute Gasteiger partial charge is 0.481 e. The van der Waals surface area contributed by atoms with Gasteiger partial charge >= 0.3 is 5.97 Å². The Kier molecular flexibility index (Phi) is 5.15. The van der Waals surface area contributed by atoms with E-state index in [4.69, 9.17) is 9.47 Å². The van der Waals surface area contributed by atoms with Crippen LogP contribution in [0.1, 0.15) is 24.0 Å². The summed E-state index contributed by atoms with van der Waals surface area (Å²) in [6, 6.07) is 7.99. The molecular weight excluding hydrogens is 256 g/mol. The predicted octanol–water partition coefficient (Wildman–Crippen LogP) is 2.30. The molecule has 1 N–H and O–H groups in total. The summed E-state index contributed by atoms with van der Waals surface area (Å²) < 4.78 is 10.5. The van der Waals surface area contributed by atoms with Gasteiger partial charge in [-0.05, 0) is 36.8 Å². The second-order valence-corrected chi connectivity index (χ2v) is 5.42. The van der Waals surface area contributed by atoms with Crippen molar-refractivity contribution in [1.29, 1.82) is 0 Å². The smallest absolute Gasteiger partial charge is 0.310 e. The van der Waals surface area contributed by atoms with E-state index < -0.39 is 11.4 Å². The van der Waals surface area contributed by atoms with E-state index in [-0.39, 0.29) is 0 Å². The fraction of sp³-hybridized carbons (Fsp3) is 0.562. The fourth-order valence-electron chi connectivity index (χ4n) is 2.80. The lowest BCUT2D eigenvalue weighted by Gasteiger charge is -2.23. The van der Waals surface area contributed by atoms with E-state index in [9.17, 15) is 9.90 Å². The number of benzene rings is 1. The van der Waals surface area contributed by atoms with E-state index in [2.05, 4.69) is 0 Å². The number of hydrogen-bond donors (Lipinski definition) is 1. The molecule has 0 saturated heterocycles. The molecule has 0 bridgehead atoms. The number of fused-ring (bicyclic) bond motifs is 1. The van der Waals surface area contributed by atoms with Crippen LogP contribution in [-0.2, 0) is 27.1 Å². The van der Waals surface area contributed by atoms with Crippen molar-refractivity contribution in [2.75, 3.05) is 26.9 Å². The Morgan fingerprint density at radius 2 is 1.85 bits per heavy atom. The summed E-state index contributed by atoms with van der Waals surface area (Å²) in [6.07, 6.45) is 2.63. The van der Waals surface area contributed by atoms with Crippen LogP contribution < -0.4 is 0 Å². The Morgan fingerprint density at radius 1 is 1.20 bits per heavy atom. The molecule has 0 spiro atoms. The van der Waals surface area contributed by atoms with Crippen molar-refractivity contribution in [3.8, 4) is 0 Å². The van der Waals surface area contributed by atoms with Gasteiger partial charge < -0.3 is 14.6 Å². The molecule has 2 rings (SSSR count). The minimum atomic E-state index is -0.714. The summed E-state index contributed by atoms with van der Waals surface area (Å²) in [5.41, 5.74) is 1.63. The minimum absolute atomic E-state index is 0.490. The first-order valence-corrected chi connectivity index (χ1v) is 7.05. The van der Waals surface area contributed by atoms with E-state index in [1.165, 1.54) is 0 Å². The molecule has 1 aliphatic rings. The quantitative estimate of drug-likeness (QED) is 0.741. The van der Waals surface area contributed by atoms with Crippen LogP contribution in [-0.4, -0.2) is 38.0 Å². The van der Waals surface area contributed by atoms with Gasteiger partial charge in [0.25, 0.3) is 0 Å². The first-order chi connectivity index (χ1) is 9.68. The van der Waals surface area contributed by atoms with Crippen molar-refractivity contribution in [2.45, 2.75) is 25.7 Å². The average molecular weight is 278 g/mol. The molecule has 1 aromatic carbocycles. The first kappa shape index (κ1) is 15.0. The lowest BCUT2D eigenvalue weighted by molar-refractivity contribution is -0.149. The van der Waals surface area contributed by atoms with E-state index in [0.29, 0.717) is 39.1 Å². The number of ether oxygens (including phenoxy) is 2. The lowest BCUT2D eigenvalue weighted by atomic mass is 9.82. The number of hydrogen-bond acceptors (Lipinski definition) is 3. The molecule has 0 radical (unpaired) electrons. The van der Waals surface area contributed by atoms with Crippen LogP contribution in [0.2, 0.25) is 0 Å². The van der Waals surface area contributed by atoms with Crippen LogP contribution >= 0.6 is 0 Å². The lowest BCUT2D eigenvalue weighted by Crippen LogP contribution is -2.33. The van der Waals surface area contributed by atoms with Crippen LogP contribution in [0.25, 0.3) is 0 Å². The Labute approximate surface area is 119 Å². The number of carboxylic acids is 1. The molecule has 110 valence electrons. The van der Waals surface area contributed by atoms with Gasteiger partial charge in [-0.2, -0.15) is 0 Å². The van der Waals surface area contributed by atoms with Gasteiger partial charge in [-0.1, -0.05) is 24.3 Å². The summed E-state index contributed by atoms with van der Waals surface area (Å²) in [5, 5.41) is 9.60. The van der Waals surface area contributed by atoms with Gasteiger partial charge in [0.1, 0.15) is 0 Å². The zero-order chi connectivity index (χ0) is 14.4. The predicted molar refractivity (Wildman–Crippen MR) is 75.8 cm³/mol. The molecule has 0 amide bonds. The summed E-state index contributed by atoms with van der Waals surface area (Å²) >= 11 is 0. The summed E-state index contributed by atoms with van der Waals surface area (Å²) in [5.74, 6) is -0.714. The van der Waals surface area contributed by atoms with Crippen LogP contribution in [0, 0.1) is 5.41 Å². The molecule has 0 aliphatic heterocycles. The number of methoxy groups -OCH3 is 1. The van der Waals surface area contributed by atoms with Crippen molar-refractivity contribution in [2.24, 2.45) is 5.41 Å². The molecule has 0 aromatic heterocycles. The maximum absolute atomic E-state index is 11.7. The number of aliphatic carboxylic acids is 1. The maximum atomic E-state index is 11.7. The Hall–Kier alpha value is -1.39. The van der Waals surface area contributed by atoms with Gasteiger partial charge in [0.15, 0.2) is 0 Å². The topological polar surface area (TPSA) is 55.8 Å². The molecule has 0 unspecified atom stereocenters. The van der Waals surface area contributed by atoms with Gasteiger partial charge in [-0.15, -0.1) is 0 Å². The first-order valence-electron chi connectivity index (χ1n) is 7.05. The van der Waals surface area contributed by atoms with Crippen LogP contribution in [0.5, 0.6) is 0 Å². The van der Waals surface area contributed by atoms with Crippen LogP contribution in [0.15, 0.2) is 24.3 Å². The highest BCUT2D eigenvalue weighted by atomic mass is 16.5. The molecule has 1 aromatic rings. The molecule has 4 heteroatoms. The highest BCUT2D eigenvalue weighted by Crippen LogP contribution is 2.39. The van der Waals surface area contributed by atoms with Gasteiger partial charge in [0.2, 0.25) is 0 Å². The van der Waals surface area contributed by atoms with Crippen molar-refractivity contribution in [1.82, 2.24) is 0 Å². The second kappa shape index (κ2) is 6.86. The number of rotatable bonds is 8. The van der Waals surface area contributed by atoms with E-state index in [1.54, 1.807) is 7.11 Å². The molecule has 20 heavy (non-hydrogen) atoms. The molecule has 0 fully saturated rings. The molecule has 0 saturated carbocycles. The Bertz CT molecular complexity index is 431. The monoisotopic (exact) mass is 278 g/mol. The van der Waals surface area contributed by atoms with E-state index >= 15 is 0 Å². The standard InChI is InChI=1S/C16H22O4/c1-19-8-4-9-20-10-7-16(15(17)18)11-13-5-2-3-6-14(13)12-16/h2-3,5-6H,4,7-12H2,1H3,(H,17,18). The normalized spacial score (nSPS) is 16.1. The highest BCUT2D eigenvalue weighted by Gasteiger charge is 2.43.